The van der Waals surface area contributed by atoms with Crippen molar-refractivity contribution in [2.24, 2.45) is 0 Å². The van der Waals surface area contributed by atoms with E-state index in [0.717, 1.165) is 47.1 Å². The van der Waals surface area contributed by atoms with Crippen molar-refractivity contribution in [1.29, 1.82) is 0 Å². The first kappa shape index (κ1) is 18.2. The molecule has 5 rings (SSSR count). The summed E-state index contributed by atoms with van der Waals surface area (Å²) in [5.41, 5.74) is 6.03. The normalized spacial score (nSPS) is 15.6. The second-order valence-electron chi connectivity index (χ2n) is 7.56. The maximum Gasteiger partial charge on any atom is 0.320 e. The van der Waals surface area contributed by atoms with E-state index in [1.807, 2.05) is 31.5 Å². The van der Waals surface area contributed by atoms with Crippen molar-refractivity contribution in [3.05, 3.63) is 65.9 Å². The lowest BCUT2D eigenvalue weighted by Gasteiger charge is -2.25. The van der Waals surface area contributed by atoms with Gasteiger partial charge >= 0.3 is 6.03 Å². The van der Waals surface area contributed by atoms with Crippen LogP contribution in [0.2, 0.25) is 0 Å². The second kappa shape index (κ2) is 7.55. The second-order valence-corrected chi connectivity index (χ2v) is 7.56. The Balaban J connectivity index is 1.28. The van der Waals surface area contributed by atoms with Crippen LogP contribution in [0, 0.1) is 6.92 Å². The van der Waals surface area contributed by atoms with Gasteiger partial charge in [-0.2, -0.15) is 5.10 Å². The maximum atomic E-state index is 12.5. The summed E-state index contributed by atoms with van der Waals surface area (Å²) in [5, 5.41) is 14.2. The Morgan fingerprint density at radius 2 is 2.07 bits per heavy atom. The lowest BCUT2D eigenvalue weighted by atomic mass is 9.90. The molecule has 30 heavy (non-hydrogen) atoms. The average molecular weight is 399 g/mol. The molecule has 0 spiro atoms. The zero-order chi connectivity index (χ0) is 20.5. The van der Waals surface area contributed by atoms with Gasteiger partial charge in [0.1, 0.15) is 11.5 Å². The molecular weight excluding hydrogens is 378 g/mol. The van der Waals surface area contributed by atoms with E-state index in [4.69, 9.17) is 0 Å². The van der Waals surface area contributed by atoms with Crippen LogP contribution in [0.3, 0.4) is 0 Å². The molecule has 2 amide bonds. The summed E-state index contributed by atoms with van der Waals surface area (Å²) in [6, 6.07) is 7.56. The molecule has 0 saturated heterocycles. The quantitative estimate of drug-likeness (QED) is 0.489. The van der Waals surface area contributed by atoms with Crippen molar-refractivity contribution in [2.75, 3.05) is 5.32 Å². The number of aryl methyl sites for hydroxylation is 2. The molecule has 0 radical (unpaired) electrons. The van der Waals surface area contributed by atoms with Crippen LogP contribution in [0.5, 0.6) is 0 Å². The Hall–Kier alpha value is -3.81. The molecule has 8 heteroatoms. The van der Waals surface area contributed by atoms with E-state index in [1.165, 1.54) is 11.1 Å². The number of aromatic nitrogens is 5. The number of urea groups is 1. The molecule has 4 aromatic heterocycles. The summed E-state index contributed by atoms with van der Waals surface area (Å²) in [7, 11) is 0. The number of carbonyl (C=O) groups excluding carboxylic acids is 1. The highest BCUT2D eigenvalue weighted by Gasteiger charge is 2.20. The molecule has 4 heterocycles. The van der Waals surface area contributed by atoms with Crippen LogP contribution in [0.4, 0.5) is 10.6 Å². The number of rotatable bonds is 3. The first-order valence-electron chi connectivity index (χ1n) is 9.92. The number of fused-ring (bicyclic) bond motifs is 2. The Labute approximate surface area is 173 Å². The summed E-state index contributed by atoms with van der Waals surface area (Å²) in [5.74, 6) is 0.471. The molecule has 1 atom stereocenters. The average Bonchev–Trinajstić information content (AvgIpc) is 3.17. The summed E-state index contributed by atoms with van der Waals surface area (Å²) in [6.07, 6.45) is 9.83. The van der Waals surface area contributed by atoms with E-state index in [1.54, 1.807) is 18.5 Å². The minimum atomic E-state index is -0.260. The number of anilines is 1. The third-order valence-electron chi connectivity index (χ3n) is 5.43. The molecule has 3 N–H and O–H groups in total. The standard InChI is InChI=1S/C22H21N7O/c1-13-8-15(5-7-24-13)21-18-12-25-20(10-19(18)28-29-21)27-22(30)26-17-3-2-14-4-6-23-11-16(14)9-17/h4-8,10-12,17H,2-3,9H2,1H3,(H,28,29)(H2,25,26,27,30). The predicted octanol–water partition coefficient (Wildman–Crippen LogP) is 3.40. The molecule has 1 aliphatic carbocycles. The van der Waals surface area contributed by atoms with E-state index < -0.39 is 0 Å². The fourth-order valence-corrected chi connectivity index (χ4v) is 3.94. The lowest BCUT2D eigenvalue weighted by Crippen LogP contribution is -2.41. The molecule has 1 aliphatic rings. The Kier molecular flexibility index (Phi) is 4.59. The van der Waals surface area contributed by atoms with Crippen LogP contribution in [-0.2, 0) is 12.8 Å². The number of aromatic amines is 1. The van der Waals surface area contributed by atoms with Crippen molar-refractivity contribution in [2.45, 2.75) is 32.2 Å². The molecular formula is C22H21N7O. The number of hydrogen-bond donors (Lipinski definition) is 3. The van der Waals surface area contributed by atoms with Crippen molar-refractivity contribution >= 4 is 22.8 Å². The van der Waals surface area contributed by atoms with Gasteiger partial charge in [0.25, 0.3) is 0 Å². The molecule has 0 aliphatic heterocycles. The topological polar surface area (TPSA) is 108 Å². The van der Waals surface area contributed by atoms with E-state index >= 15 is 0 Å². The maximum absolute atomic E-state index is 12.5. The van der Waals surface area contributed by atoms with Crippen molar-refractivity contribution in [1.82, 2.24) is 30.5 Å². The first-order chi connectivity index (χ1) is 14.7. The number of hydrogen-bond acceptors (Lipinski definition) is 5. The summed E-state index contributed by atoms with van der Waals surface area (Å²) in [6.45, 7) is 1.94. The van der Waals surface area contributed by atoms with Crippen LogP contribution in [0.15, 0.2) is 49.1 Å². The van der Waals surface area contributed by atoms with Crippen molar-refractivity contribution in [3.8, 4) is 11.3 Å². The van der Waals surface area contributed by atoms with E-state index in [-0.39, 0.29) is 12.1 Å². The van der Waals surface area contributed by atoms with Crippen molar-refractivity contribution in [3.63, 3.8) is 0 Å². The van der Waals surface area contributed by atoms with Gasteiger partial charge in [-0.05, 0) is 55.5 Å². The summed E-state index contributed by atoms with van der Waals surface area (Å²) < 4.78 is 0. The van der Waals surface area contributed by atoms with Crippen molar-refractivity contribution < 1.29 is 4.79 Å². The summed E-state index contributed by atoms with van der Waals surface area (Å²) >= 11 is 0. The van der Waals surface area contributed by atoms with Gasteiger partial charge in [0.15, 0.2) is 0 Å². The number of nitrogens with zero attached hydrogens (tertiary/aromatic N) is 4. The predicted molar refractivity (Wildman–Crippen MR) is 114 cm³/mol. The number of amides is 2. The molecule has 150 valence electrons. The van der Waals surface area contributed by atoms with Crippen LogP contribution in [0.1, 0.15) is 23.2 Å². The molecule has 4 aromatic rings. The highest BCUT2D eigenvalue weighted by molar-refractivity contribution is 5.95. The Bertz CT molecular complexity index is 1230. The fraction of sp³-hybridized carbons (Fsp3) is 0.227. The van der Waals surface area contributed by atoms with Gasteiger partial charge in [-0.3, -0.25) is 20.4 Å². The van der Waals surface area contributed by atoms with Gasteiger partial charge in [-0.1, -0.05) is 0 Å². The monoisotopic (exact) mass is 399 g/mol. The van der Waals surface area contributed by atoms with Crippen LogP contribution in [0.25, 0.3) is 22.2 Å². The van der Waals surface area contributed by atoms with E-state index in [0.29, 0.717) is 5.82 Å². The fourth-order valence-electron chi connectivity index (χ4n) is 3.94. The largest absolute Gasteiger partial charge is 0.335 e. The number of pyridine rings is 3. The molecule has 0 saturated carbocycles. The first-order valence-corrected chi connectivity index (χ1v) is 9.92. The molecule has 0 fully saturated rings. The zero-order valence-electron chi connectivity index (χ0n) is 16.5. The molecule has 1 unspecified atom stereocenters. The Morgan fingerprint density at radius 3 is 2.97 bits per heavy atom. The van der Waals surface area contributed by atoms with Crippen LogP contribution >= 0.6 is 0 Å². The highest BCUT2D eigenvalue weighted by atomic mass is 16.2. The van der Waals surface area contributed by atoms with Crippen LogP contribution < -0.4 is 10.6 Å². The third kappa shape index (κ3) is 3.59. The van der Waals surface area contributed by atoms with Gasteiger partial charge in [0, 0.05) is 53.5 Å². The number of carbonyl (C=O) groups is 1. The minimum absolute atomic E-state index is 0.0825. The summed E-state index contributed by atoms with van der Waals surface area (Å²) in [4.78, 5) is 25.3. The SMILES string of the molecule is Cc1cc(-c2n[nH]c3cc(NC(=O)NC4CCc5ccncc5C4)ncc23)ccn1. The highest BCUT2D eigenvalue weighted by Crippen LogP contribution is 2.27. The Morgan fingerprint density at radius 1 is 1.13 bits per heavy atom. The van der Waals surface area contributed by atoms with E-state index in [2.05, 4.69) is 41.8 Å². The van der Waals surface area contributed by atoms with Crippen LogP contribution in [-0.4, -0.2) is 37.2 Å². The van der Waals surface area contributed by atoms with E-state index in [9.17, 15) is 4.79 Å². The number of nitrogens with one attached hydrogen (secondary N) is 3. The zero-order valence-corrected chi connectivity index (χ0v) is 16.5. The smallest absolute Gasteiger partial charge is 0.320 e. The molecule has 0 bridgehead atoms. The van der Waals surface area contributed by atoms with Gasteiger partial charge in [0.2, 0.25) is 0 Å². The molecule has 8 nitrogen and oxygen atoms in total. The third-order valence-corrected chi connectivity index (χ3v) is 5.43. The van der Waals surface area contributed by atoms with Gasteiger partial charge < -0.3 is 5.32 Å². The van der Waals surface area contributed by atoms with Gasteiger partial charge in [-0.15, -0.1) is 0 Å². The van der Waals surface area contributed by atoms with Gasteiger partial charge in [0.05, 0.1) is 5.52 Å². The minimum Gasteiger partial charge on any atom is -0.335 e. The molecule has 0 aromatic carbocycles. The van der Waals surface area contributed by atoms with Gasteiger partial charge in [-0.25, -0.2) is 9.78 Å². The number of H-pyrrole nitrogens is 1. The lowest BCUT2D eigenvalue weighted by molar-refractivity contribution is 0.247.